The van der Waals surface area contributed by atoms with E-state index in [1.165, 1.54) is 22.5 Å². The van der Waals surface area contributed by atoms with Gasteiger partial charge in [-0.15, -0.1) is 0 Å². The summed E-state index contributed by atoms with van der Waals surface area (Å²) >= 11 is 1.34. The second-order valence-electron chi connectivity index (χ2n) is 5.98. The molecule has 4 rings (SSSR count). The van der Waals surface area contributed by atoms with E-state index in [1.807, 2.05) is 24.3 Å². The van der Waals surface area contributed by atoms with E-state index < -0.39 is 0 Å². The number of hydrogen-bond acceptors (Lipinski definition) is 4. The summed E-state index contributed by atoms with van der Waals surface area (Å²) in [5.41, 5.74) is 3.16. The number of pyridine rings is 1. The van der Waals surface area contributed by atoms with Gasteiger partial charge in [0.05, 0.1) is 0 Å². The highest BCUT2D eigenvalue weighted by molar-refractivity contribution is 7.19. The molecule has 0 aliphatic heterocycles. The smallest absolute Gasteiger partial charge is 0.280 e. The van der Waals surface area contributed by atoms with Crippen LogP contribution in [0.5, 0.6) is 0 Å². The number of hydrogen-bond donors (Lipinski definition) is 1. The lowest BCUT2D eigenvalue weighted by atomic mass is 9.98. The summed E-state index contributed by atoms with van der Waals surface area (Å²) in [6.07, 6.45) is 3.44. The maximum absolute atomic E-state index is 12.5. The van der Waals surface area contributed by atoms with Crippen molar-refractivity contribution < 1.29 is 4.79 Å². The molecule has 0 atom stereocenters. The van der Waals surface area contributed by atoms with E-state index in [-0.39, 0.29) is 11.4 Å². The van der Waals surface area contributed by atoms with Gasteiger partial charge in [-0.3, -0.25) is 4.79 Å². The average molecular weight is 309 g/mol. The molecule has 0 saturated heterocycles. The first kappa shape index (κ1) is 13.4. The van der Waals surface area contributed by atoms with Crippen molar-refractivity contribution in [1.29, 1.82) is 0 Å². The summed E-state index contributed by atoms with van der Waals surface area (Å²) in [5.74, 6) is -0.113. The Balaban J connectivity index is 1.57. The molecule has 0 bridgehead atoms. The third-order valence-electron chi connectivity index (χ3n) is 4.06. The van der Waals surface area contributed by atoms with Gasteiger partial charge < -0.3 is 5.32 Å². The normalized spacial score (nSPS) is 15.7. The summed E-state index contributed by atoms with van der Waals surface area (Å²) in [4.78, 5) is 22.0. The number of amides is 1. The van der Waals surface area contributed by atoms with Crippen LogP contribution in [0.4, 0.5) is 0 Å². The molecule has 2 heterocycles. The lowest BCUT2D eigenvalue weighted by Gasteiger charge is -2.24. The Bertz CT molecular complexity index is 813. The minimum Gasteiger partial charge on any atom is -0.344 e. The molecule has 5 heteroatoms. The fourth-order valence-corrected chi connectivity index (χ4v) is 3.89. The zero-order valence-corrected chi connectivity index (χ0v) is 13.0. The van der Waals surface area contributed by atoms with Gasteiger partial charge in [0.25, 0.3) is 5.91 Å². The molecule has 1 N–H and O–H groups in total. The van der Waals surface area contributed by atoms with Gasteiger partial charge >= 0.3 is 0 Å². The standard InChI is InChI=1S/C17H15N3OS/c1-17(9-11-5-2-3-6-12(11)10-17)20-14(21)16-19-13-7-4-8-18-15(13)22-16/h2-8H,9-10H2,1H3,(H,20,21). The van der Waals surface area contributed by atoms with Gasteiger partial charge in [-0.05, 0) is 43.0 Å². The van der Waals surface area contributed by atoms with Crippen LogP contribution >= 0.6 is 11.3 Å². The highest BCUT2D eigenvalue weighted by atomic mass is 32.1. The predicted molar refractivity (Wildman–Crippen MR) is 87.1 cm³/mol. The van der Waals surface area contributed by atoms with Gasteiger partial charge in [0.2, 0.25) is 0 Å². The van der Waals surface area contributed by atoms with Crippen molar-refractivity contribution in [3.05, 3.63) is 58.7 Å². The number of carbonyl (C=O) groups excluding carboxylic acids is 1. The van der Waals surface area contributed by atoms with Crippen molar-refractivity contribution in [2.45, 2.75) is 25.3 Å². The van der Waals surface area contributed by atoms with Crippen LogP contribution in [-0.2, 0) is 12.8 Å². The summed E-state index contributed by atoms with van der Waals surface area (Å²) in [6.45, 7) is 2.09. The number of nitrogens with zero attached hydrogens (tertiary/aromatic N) is 2. The van der Waals surface area contributed by atoms with Crippen LogP contribution in [0.15, 0.2) is 42.6 Å². The lowest BCUT2D eigenvalue weighted by Crippen LogP contribution is -2.46. The van der Waals surface area contributed by atoms with Gasteiger partial charge in [0.15, 0.2) is 5.01 Å². The Hall–Kier alpha value is -2.27. The minimum atomic E-state index is -0.244. The predicted octanol–water partition coefficient (Wildman–Crippen LogP) is 2.98. The summed E-state index contributed by atoms with van der Waals surface area (Å²) < 4.78 is 0. The second kappa shape index (κ2) is 4.88. The molecule has 1 aliphatic carbocycles. The van der Waals surface area contributed by atoms with Crippen molar-refractivity contribution in [1.82, 2.24) is 15.3 Å². The molecule has 1 amide bonds. The molecule has 1 aliphatic rings. The van der Waals surface area contributed by atoms with E-state index in [2.05, 4.69) is 34.3 Å². The van der Waals surface area contributed by atoms with Crippen LogP contribution in [0.3, 0.4) is 0 Å². The fraction of sp³-hybridized carbons (Fsp3) is 0.235. The molecule has 2 aromatic heterocycles. The first-order chi connectivity index (χ1) is 10.6. The molecule has 0 saturated carbocycles. The van der Waals surface area contributed by atoms with Crippen LogP contribution in [0.2, 0.25) is 0 Å². The zero-order valence-electron chi connectivity index (χ0n) is 12.2. The van der Waals surface area contributed by atoms with Crippen molar-refractivity contribution >= 4 is 27.6 Å². The quantitative estimate of drug-likeness (QED) is 0.792. The van der Waals surface area contributed by atoms with Crippen LogP contribution < -0.4 is 5.32 Å². The second-order valence-corrected chi connectivity index (χ2v) is 6.96. The van der Waals surface area contributed by atoms with Gasteiger partial charge in [-0.1, -0.05) is 35.6 Å². The van der Waals surface area contributed by atoms with Crippen molar-refractivity contribution in [3.63, 3.8) is 0 Å². The van der Waals surface area contributed by atoms with Crippen molar-refractivity contribution in [2.24, 2.45) is 0 Å². The topological polar surface area (TPSA) is 54.9 Å². The van der Waals surface area contributed by atoms with E-state index in [4.69, 9.17) is 0 Å². The molecule has 110 valence electrons. The van der Waals surface area contributed by atoms with E-state index in [0.717, 1.165) is 23.2 Å². The van der Waals surface area contributed by atoms with Crippen molar-refractivity contribution in [2.75, 3.05) is 0 Å². The largest absolute Gasteiger partial charge is 0.344 e. The molecule has 3 aromatic rings. The summed E-state index contributed by atoms with van der Waals surface area (Å²) in [5, 5.41) is 3.64. The number of aromatic nitrogens is 2. The zero-order chi connectivity index (χ0) is 15.2. The molecule has 22 heavy (non-hydrogen) atoms. The minimum absolute atomic E-state index is 0.113. The number of benzene rings is 1. The van der Waals surface area contributed by atoms with E-state index >= 15 is 0 Å². The third kappa shape index (κ3) is 2.27. The monoisotopic (exact) mass is 309 g/mol. The Labute approximate surface area is 132 Å². The van der Waals surface area contributed by atoms with Crippen molar-refractivity contribution in [3.8, 4) is 0 Å². The average Bonchev–Trinajstić information content (AvgIpc) is 3.06. The third-order valence-corrected chi connectivity index (χ3v) is 5.03. The highest BCUT2D eigenvalue weighted by Crippen LogP contribution is 2.30. The first-order valence-corrected chi connectivity index (χ1v) is 8.05. The fourth-order valence-electron chi connectivity index (χ4n) is 3.09. The molecule has 4 nitrogen and oxygen atoms in total. The lowest BCUT2D eigenvalue weighted by molar-refractivity contribution is 0.0909. The van der Waals surface area contributed by atoms with Gasteiger partial charge in [0, 0.05) is 11.7 Å². The van der Waals surface area contributed by atoms with Crippen LogP contribution in [0.25, 0.3) is 10.3 Å². The molecular weight excluding hydrogens is 294 g/mol. The molecule has 0 radical (unpaired) electrons. The molecule has 0 fully saturated rings. The molecule has 0 unspecified atom stereocenters. The van der Waals surface area contributed by atoms with Crippen LogP contribution in [-0.4, -0.2) is 21.4 Å². The molecule has 0 spiro atoms. The highest BCUT2D eigenvalue weighted by Gasteiger charge is 2.34. The molecule has 1 aromatic carbocycles. The van der Waals surface area contributed by atoms with E-state index in [1.54, 1.807) is 6.20 Å². The Morgan fingerprint density at radius 3 is 2.59 bits per heavy atom. The Kier molecular flexibility index (Phi) is 2.97. The Morgan fingerprint density at radius 2 is 1.91 bits per heavy atom. The first-order valence-electron chi connectivity index (χ1n) is 7.24. The number of carbonyl (C=O) groups is 1. The summed E-state index contributed by atoms with van der Waals surface area (Å²) in [7, 11) is 0. The van der Waals surface area contributed by atoms with Crippen LogP contribution in [0.1, 0.15) is 27.9 Å². The van der Waals surface area contributed by atoms with E-state index in [0.29, 0.717) is 5.01 Å². The maximum Gasteiger partial charge on any atom is 0.280 e. The van der Waals surface area contributed by atoms with Crippen LogP contribution in [0, 0.1) is 0 Å². The SMILES string of the molecule is CC1(NC(=O)c2nc3cccnc3s2)Cc2ccccc2C1. The number of rotatable bonds is 2. The maximum atomic E-state index is 12.5. The number of nitrogens with one attached hydrogen (secondary N) is 1. The number of thiazole rings is 1. The van der Waals surface area contributed by atoms with Gasteiger partial charge in [0.1, 0.15) is 10.3 Å². The van der Waals surface area contributed by atoms with Gasteiger partial charge in [-0.2, -0.15) is 0 Å². The van der Waals surface area contributed by atoms with E-state index in [9.17, 15) is 4.79 Å². The molecular formula is C17H15N3OS. The Morgan fingerprint density at radius 1 is 1.18 bits per heavy atom. The number of fused-ring (bicyclic) bond motifs is 2. The van der Waals surface area contributed by atoms with Gasteiger partial charge in [-0.25, -0.2) is 9.97 Å². The summed E-state index contributed by atoms with van der Waals surface area (Å²) in [6, 6.07) is 12.1.